The van der Waals surface area contributed by atoms with E-state index in [4.69, 9.17) is 4.74 Å². The second kappa shape index (κ2) is 6.98. The molecule has 1 heterocycles. The summed E-state index contributed by atoms with van der Waals surface area (Å²) in [5, 5.41) is 3.61. The highest BCUT2D eigenvalue weighted by Crippen LogP contribution is 2.43. The standard InChI is InChI=1S/C22H27NO/c1-24-21-13-11-17(9-5-8-16-6-3-2-4-7-16)22-19(21)12-10-18-14-23-15-20(18)22/h2-4,6-7,11,13,18,20,23H,5,8-10,12,14-15H2,1H3. The Bertz CT molecular complexity index is 695. The van der Waals surface area contributed by atoms with Crippen molar-refractivity contribution in [2.45, 2.75) is 38.0 Å². The zero-order chi connectivity index (χ0) is 16.4. The van der Waals surface area contributed by atoms with Gasteiger partial charge in [-0.15, -0.1) is 0 Å². The summed E-state index contributed by atoms with van der Waals surface area (Å²) < 4.78 is 5.67. The highest BCUT2D eigenvalue weighted by Gasteiger charge is 2.35. The lowest BCUT2D eigenvalue weighted by atomic mass is 9.74. The molecule has 1 saturated heterocycles. The summed E-state index contributed by atoms with van der Waals surface area (Å²) in [7, 11) is 1.81. The number of benzene rings is 2. The first-order valence-corrected chi connectivity index (χ1v) is 9.30. The summed E-state index contributed by atoms with van der Waals surface area (Å²) in [6.45, 7) is 2.32. The molecule has 24 heavy (non-hydrogen) atoms. The quantitative estimate of drug-likeness (QED) is 0.894. The molecule has 0 amide bonds. The van der Waals surface area contributed by atoms with Crippen molar-refractivity contribution in [2.75, 3.05) is 20.2 Å². The maximum atomic E-state index is 5.67. The largest absolute Gasteiger partial charge is 0.496 e. The molecule has 2 unspecified atom stereocenters. The number of fused-ring (bicyclic) bond motifs is 3. The predicted octanol–water partition coefficient (Wildman–Crippen LogP) is 4.12. The lowest BCUT2D eigenvalue weighted by molar-refractivity contribution is 0.390. The second-order valence-electron chi connectivity index (χ2n) is 7.22. The highest BCUT2D eigenvalue weighted by molar-refractivity contribution is 5.49. The van der Waals surface area contributed by atoms with E-state index in [0.29, 0.717) is 5.92 Å². The van der Waals surface area contributed by atoms with Gasteiger partial charge in [0.15, 0.2) is 0 Å². The smallest absolute Gasteiger partial charge is 0.122 e. The Morgan fingerprint density at radius 1 is 1.04 bits per heavy atom. The van der Waals surface area contributed by atoms with Gasteiger partial charge in [0.25, 0.3) is 0 Å². The van der Waals surface area contributed by atoms with Crippen molar-refractivity contribution in [1.82, 2.24) is 5.32 Å². The minimum absolute atomic E-state index is 0.690. The fourth-order valence-corrected chi connectivity index (χ4v) is 4.65. The molecule has 0 spiro atoms. The number of hydrogen-bond donors (Lipinski definition) is 1. The molecule has 0 saturated carbocycles. The predicted molar refractivity (Wildman–Crippen MR) is 98.9 cm³/mol. The summed E-state index contributed by atoms with van der Waals surface area (Å²) in [6.07, 6.45) is 6.02. The Morgan fingerprint density at radius 2 is 1.92 bits per heavy atom. The van der Waals surface area contributed by atoms with Gasteiger partial charge >= 0.3 is 0 Å². The third kappa shape index (κ3) is 2.95. The Balaban J connectivity index is 1.57. The van der Waals surface area contributed by atoms with Crippen molar-refractivity contribution < 1.29 is 4.74 Å². The summed E-state index contributed by atoms with van der Waals surface area (Å²) >= 11 is 0. The van der Waals surface area contributed by atoms with Crippen LogP contribution in [0, 0.1) is 5.92 Å². The lowest BCUT2D eigenvalue weighted by Crippen LogP contribution is -2.21. The van der Waals surface area contributed by atoms with Crippen LogP contribution >= 0.6 is 0 Å². The van der Waals surface area contributed by atoms with E-state index in [1.54, 1.807) is 11.1 Å². The van der Waals surface area contributed by atoms with E-state index in [1.165, 1.54) is 43.4 Å². The number of rotatable bonds is 5. The molecule has 2 nitrogen and oxygen atoms in total. The molecule has 2 aromatic rings. The molecular weight excluding hydrogens is 294 g/mol. The van der Waals surface area contributed by atoms with Crippen molar-refractivity contribution in [3.05, 3.63) is 64.7 Å². The third-order valence-corrected chi connectivity index (χ3v) is 5.85. The molecule has 1 fully saturated rings. The van der Waals surface area contributed by atoms with E-state index in [0.717, 1.165) is 24.6 Å². The molecule has 4 rings (SSSR count). The third-order valence-electron chi connectivity index (χ3n) is 5.85. The Labute approximate surface area is 145 Å². The van der Waals surface area contributed by atoms with E-state index < -0.39 is 0 Å². The lowest BCUT2D eigenvalue weighted by Gasteiger charge is -2.31. The number of nitrogens with one attached hydrogen (secondary N) is 1. The molecule has 0 aromatic heterocycles. The van der Waals surface area contributed by atoms with Gasteiger partial charge in [-0.25, -0.2) is 0 Å². The minimum Gasteiger partial charge on any atom is -0.496 e. The average molecular weight is 321 g/mol. The molecule has 1 aliphatic carbocycles. The van der Waals surface area contributed by atoms with Crippen LogP contribution in [0.3, 0.4) is 0 Å². The Hall–Kier alpha value is -1.80. The fraction of sp³-hybridized carbons (Fsp3) is 0.455. The molecular formula is C22H27NO. The maximum Gasteiger partial charge on any atom is 0.122 e. The fourth-order valence-electron chi connectivity index (χ4n) is 4.65. The number of aryl methyl sites for hydroxylation is 2. The SMILES string of the molecule is COc1ccc(CCCc2ccccc2)c2c1CCC1CNCC21. The van der Waals surface area contributed by atoms with Crippen LogP contribution in [0.25, 0.3) is 0 Å². The maximum absolute atomic E-state index is 5.67. The van der Waals surface area contributed by atoms with E-state index >= 15 is 0 Å². The van der Waals surface area contributed by atoms with Crippen molar-refractivity contribution >= 4 is 0 Å². The van der Waals surface area contributed by atoms with Crippen molar-refractivity contribution in [1.29, 1.82) is 0 Å². The van der Waals surface area contributed by atoms with Gasteiger partial charge in [-0.2, -0.15) is 0 Å². The molecule has 1 aliphatic heterocycles. The molecule has 0 bridgehead atoms. The van der Waals surface area contributed by atoms with Crippen LogP contribution in [0.4, 0.5) is 0 Å². The molecule has 126 valence electrons. The summed E-state index contributed by atoms with van der Waals surface area (Å²) in [5.41, 5.74) is 6.10. The molecule has 2 atom stereocenters. The van der Waals surface area contributed by atoms with Crippen molar-refractivity contribution in [3.63, 3.8) is 0 Å². The molecule has 2 heteroatoms. The summed E-state index contributed by atoms with van der Waals surface area (Å²) in [5.74, 6) is 2.61. The molecule has 2 aliphatic rings. The van der Waals surface area contributed by atoms with Gasteiger partial charge in [0.1, 0.15) is 5.75 Å². The van der Waals surface area contributed by atoms with Crippen LogP contribution < -0.4 is 10.1 Å². The Morgan fingerprint density at radius 3 is 2.75 bits per heavy atom. The van der Waals surface area contributed by atoms with Crippen LogP contribution in [0.1, 0.15) is 41.0 Å². The average Bonchev–Trinajstić information content (AvgIpc) is 3.11. The van der Waals surface area contributed by atoms with Crippen molar-refractivity contribution in [2.24, 2.45) is 5.92 Å². The van der Waals surface area contributed by atoms with E-state index in [2.05, 4.69) is 47.8 Å². The first-order valence-electron chi connectivity index (χ1n) is 9.30. The topological polar surface area (TPSA) is 21.3 Å². The normalized spacial score (nSPS) is 22.0. The number of methoxy groups -OCH3 is 1. The van der Waals surface area contributed by atoms with Gasteiger partial charge in [0, 0.05) is 12.5 Å². The summed E-state index contributed by atoms with van der Waals surface area (Å²) in [4.78, 5) is 0. The minimum atomic E-state index is 0.690. The highest BCUT2D eigenvalue weighted by atomic mass is 16.5. The zero-order valence-corrected chi connectivity index (χ0v) is 14.6. The first-order chi connectivity index (χ1) is 11.9. The Kier molecular flexibility index (Phi) is 4.57. The van der Waals surface area contributed by atoms with Gasteiger partial charge < -0.3 is 10.1 Å². The van der Waals surface area contributed by atoms with E-state index in [1.807, 2.05) is 7.11 Å². The van der Waals surface area contributed by atoms with Gasteiger partial charge in [0.05, 0.1) is 7.11 Å². The molecule has 1 N–H and O–H groups in total. The zero-order valence-electron chi connectivity index (χ0n) is 14.6. The van der Waals surface area contributed by atoms with Crippen LogP contribution in [0.5, 0.6) is 5.75 Å². The summed E-state index contributed by atoms with van der Waals surface area (Å²) in [6, 6.07) is 15.4. The van der Waals surface area contributed by atoms with E-state index in [-0.39, 0.29) is 0 Å². The van der Waals surface area contributed by atoms with Gasteiger partial charge in [-0.3, -0.25) is 0 Å². The number of hydrogen-bond acceptors (Lipinski definition) is 2. The van der Waals surface area contributed by atoms with Crippen LogP contribution in [-0.2, 0) is 19.3 Å². The van der Waals surface area contributed by atoms with E-state index in [9.17, 15) is 0 Å². The van der Waals surface area contributed by atoms with Gasteiger partial charge in [-0.05, 0) is 72.9 Å². The molecule has 2 aromatic carbocycles. The van der Waals surface area contributed by atoms with Gasteiger partial charge in [-0.1, -0.05) is 36.4 Å². The number of ether oxygens (including phenoxy) is 1. The van der Waals surface area contributed by atoms with Crippen molar-refractivity contribution in [3.8, 4) is 5.75 Å². The van der Waals surface area contributed by atoms with Crippen LogP contribution in [0.15, 0.2) is 42.5 Å². The molecule has 0 radical (unpaired) electrons. The van der Waals surface area contributed by atoms with Crippen LogP contribution in [-0.4, -0.2) is 20.2 Å². The second-order valence-corrected chi connectivity index (χ2v) is 7.22. The first kappa shape index (κ1) is 15.7. The monoisotopic (exact) mass is 321 g/mol. The van der Waals surface area contributed by atoms with Gasteiger partial charge in [0.2, 0.25) is 0 Å². The van der Waals surface area contributed by atoms with Crippen LogP contribution in [0.2, 0.25) is 0 Å².